The molecule has 0 unspecified atom stereocenters. The standard InChI is InChI=1S/C12H11Cl2O3P/c13-9-5-1-3-7-11(9)18(15,16,17)12-8-4-2-6-10(12)14/h1-8,15-17H. The van der Waals surface area contributed by atoms with Gasteiger partial charge in [0.25, 0.3) is 0 Å². The summed E-state index contributed by atoms with van der Waals surface area (Å²) in [5.41, 5.74) is 0. The topological polar surface area (TPSA) is 60.7 Å². The average molecular weight is 305 g/mol. The molecule has 0 saturated heterocycles. The zero-order valence-corrected chi connectivity index (χ0v) is 11.6. The molecule has 0 spiro atoms. The zero-order valence-electron chi connectivity index (χ0n) is 9.16. The van der Waals surface area contributed by atoms with Crippen molar-refractivity contribution in [3.05, 3.63) is 58.6 Å². The third-order valence-electron chi connectivity index (χ3n) is 2.59. The molecule has 3 nitrogen and oxygen atoms in total. The van der Waals surface area contributed by atoms with E-state index in [2.05, 4.69) is 0 Å². The van der Waals surface area contributed by atoms with E-state index >= 15 is 0 Å². The minimum absolute atomic E-state index is 0.0718. The Morgan fingerprint density at radius 2 is 1.00 bits per heavy atom. The Bertz CT molecular complexity index is 544. The second kappa shape index (κ2) is 4.46. The molecule has 2 rings (SSSR count). The van der Waals surface area contributed by atoms with Crippen molar-refractivity contribution >= 4 is 41.1 Å². The first-order valence-corrected chi connectivity index (χ1v) is 7.93. The molecular weight excluding hydrogens is 294 g/mol. The molecule has 0 aliphatic heterocycles. The van der Waals surface area contributed by atoms with Crippen LogP contribution < -0.4 is 10.6 Å². The monoisotopic (exact) mass is 304 g/mol. The first-order valence-electron chi connectivity index (χ1n) is 5.08. The average Bonchev–Trinajstić information content (AvgIpc) is 2.29. The van der Waals surface area contributed by atoms with Crippen LogP contribution in [0.2, 0.25) is 10.0 Å². The molecule has 0 amide bonds. The van der Waals surface area contributed by atoms with E-state index in [0.29, 0.717) is 0 Å². The third kappa shape index (κ3) is 2.26. The van der Waals surface area contributed by atoms with Crippen molar-refractivity contribution in [1.29, 1.82) is 0 Å². The van der Waals surface area contributed by atoms with Gasteiger partial charge in [-0.3, -0.25) is 0 Å². The number of hydrogen-bond acceptors (Lipinski definition) is 3. The maximum atomic E-state index is 10.4. The third-order valence-corrected chi connectivity index (χ3v) is 6.07. The van der Waals surface area contributed by atoms with Gasteiger partial charge >= 0.3 is 114 Å². The maximum absolute atomic E-state index is 10.4. The van der Waals surface area contributed by atoms with Gasteiger partial charge in [-0.2, -0.15) is 0 Å². The van der Waals surface area contributed by atoms with Gasteiger partial charge in [0.2, 0.25) is 0 Å². The van der Waals surface area contributed by atoms with Crippen LogP contribution in [-0.2, 0) is 0 Å². The van der Waals surface area contributed by atoms with E-state index in [0.717, 1.165) is 0 Å². The van der Waals surface area contributed by atoms with Crippen molar-refractivity contribution in [2.24, 2.45) is 0 Å². The van der Waals surface area contributed by atoms with Gasteiger partial charge in [-0.25, -0.2) is 0 Å². The molecule has 0 aliphatic carbocycles. The quantitative estimate of drug-likeness (QED) is 0.746. The van der Waals surface area contributed by atoms with Crippen molar-refractivity contribution in [3.63, 3.8) is 0 Å². The van der Waals surface area contributed by atoms with Crippen molar-refractivity contribution < 1.29 is 14.7 Å². The van der Waals surface area contributed by atoms with Gasteiger partial charge in [0, 0.05) is 0 Å². The summed E-state index contributed by atoms with van der Waals surface area (Å²) in [4.78, 5) is 31.1. The van der Waals surface area contributed by atoms with Gasteiger partial charge in [-0.1, -0.05) is 0 Å². The molecule has 0 saturated carbocycles. The van der Waals surface area contributed by atoms with E-state index < -0.39 is 7.28 Å². The fourth-order valence-electron chi connectivity index (χ4n) is 1.70. The molecule has 18 heavy (non-hydrogen) atoms. The van der Waals surface area contributed by atoms with Gasteiger partial charge < -0.3 is 0 Å². The molecule has 0 fully saturated rings. The zero-order chi connectivity index (χ0) is 13.4. The predicted octanol–water partition coefficient (Wildman–Crippen LogP) is 2.22. The summed E-state index contributed by atoms with van der Waals surface area (Å²) < 4.78 is 0. The van der Waals surface area contributed by atoms with E-state index in [1.54, 1.807) is 24.3 Å². The summed E-state index contributed by atoms with van der Waals surface area (Å²) in [6.07, 6.45) is 0. The molecule has 0 bridgehead atoms. The van der Waals surface area contributed by atoms with E-state index in [-0.39, 0.29) is 20.7 Å². The van der Waals surface area contributed by atoms with Crippen LogP contribution in [0.15, 0.2) is 48.5 Å². The van der Waals surface area contributed by atoms with Crippen LogP contribution in [0.25, 0.3) is 0 Å². The number of hydrogen-bond donors (Lipinski definition) is 3. The van der Waals surface area contributed by atoms with Crippen molar-refractivity contribution in [2.45, 2.75) is 0 Å². The Balaban J connectivity index is 2.73. The van der Waals surface area contributed by atoms with Crippen LogP contribution in [0.4, 0.5) is 0 Å². The van der Waals surface area contributed by atoms with E-state index in [9.17, 15) is 14.7 Å². The molecule has 3 N–H and O–H groups in total. The van der Waals surface area contributed by atoms with Crippen molar-refractivity contribution in [1.82, 2.24) is 0 Å². The first kappa shape index (κ1) is 13.8. The fraction of sp³-hybridized carbons (Fsp3) is 0. The Labute approximate surface area is 114 Å². The van der Waals surface area contributed by atoms with Crippen LogP contribution >= 0.6 is 30.5 Å². The number of benzene rings is 2. The summed E-state index contributed by atoms with van der Waals surface area (Å²) in [7, 11) is -5.29. The summed E-state index contributed by atoms with van der Waals surface area (Å²) in [5, 5.41) is -0.110. The molecule has 0 heterocycles. The normalized spacial score (nSPS) is 13.9. The number of halogens is 2. The van der Waals surface area contributed by atoms with Gasteiger partial charge in [0.15, 0.2) is 0 Å². The molecule has 0 radical (unpaired) electrons. The Hall–Kier alpha value is -0.670. The molecule has 96 valence electrons. The Morgan fingerprint density at radius 1 is 0.667 bits per heavy atom. The molecular formula is C12H11Cl2O3P. The van der Waals surface area contributed by atoms with Crippen LogP contribution in [0.5, 0.6) is 0 Å². The van der Waals surface area contributed by atoms with E-state index in [4.69, 9.17) is 23.2 Å². The molecule has 0 atom stereocenters. The van der Waals surface area contributed by atoms with Gasteiger partial charge in [0.1, 0.15) is 0 Å². The summed E-state index contributed by atoms with van der Waals surface area (Å²) >= 11 is 11.8. The molecule has 2 aromatic carbocycles. The first-order chi connectivity index (χ1) is 8.31. The minimum atomic E-state index is -5.29. The number of rotatable bonds is 2. The second-order valence-electron chi connectivity index (χ2n) is 3.88. The van der Waals surface area contributed by atoms with Gasteiger partial charge in [-0.05, 0) is 0 Å². The van der Waals surface area contributed by atoms with E-state index in [1.165, 1.54) is 24.3 Å². The summed E-state index contributed by atoms with van der Waals surface area (Å²) in [6.45, 7) is 0. The van der Waals surface area contributed by atoms with E-state index in [1.807, 2.05) is 0 Å². The van der Waals surface area contributed by atoms with Crippen LogP contribution in [0, 0.1) is 0 Å². The molecule has 0 aromatic heterocycles. The van der Waals surface area contributed by atoms with Crippen molar-refractivity contribution in [3.8, 4) is 0 Å². The van der Waals surface area contributed by atoms with Crippen LogP contribution in [0.1, 0.15) is 0 Å². The fourth-order valence-corrected chi connectivity index (χ4v) is 4.82. The molecule has 6 heteroatoms. The summed E-state index contributed by atoms with van der Waals surface area (Å²) in [5.74, 6) is 0. The second-order valence-corrected chi connectivity index (χ2v) is 7.62. The van der Waals surface area contributed by atoms with Crippen LogP contribution in [0.3, 0.4) is 0 Å². The molecule has 2 aromatic rings. The van der Waals surface area contributed by atoms with Gasteiger partial charge in [-0.15, -0.1) is 0 Å². The van der Waals surface area contributed by atoms with Gasteiger partial charge in [0.05, 0.1) is 0 Å². The SMILES string of the molecule is OP(O)(O)(c1ccccc1Cl)c1ccccc1Cl. The van der Waals surface area contributed by atoms with Crippen LogP contribution in [-0.4, -0.2) is 14.7 Å². The Morgan fingerprint density at radius 3 is 1.33 bits per heavy atom. The molecule has 0 aliphatic rings. The Kier molecular flexibility index (Phi) is 3.41. The predicted molar refractivity (Wildman–Crippen MR) is 75.7 cm³/mol. The van der Waals surface area contributed by atoms with Crippen molar-refractivity contribution in [2.75, 3.05) is 0 Å². The summed E-state index contributed by atoms with van der Waals surface area (Å²) in [6, 6.07) is 12.0.